The first-order valence-electron chi connectivity index (χ1n) is 7.29. The van der Waals surface area contributed by atoms with E-state index in [1.165, 1.54) is 4.68 Å². The maximum absolute atomic E-state index is 11.4. The molecule has 0 aliphatic rings. The molecule has 0 amide bonds. The van der Waals surface area contributed by atoms with E-state index in [1.807, 2.05) is 28.8 Å². The Morgan fingerprint density at radius 1 is 1.30 bits per heavy atom. The molecule has 23 heavy (non-hydrogen) atoms. The van der Waals surface area contributed by atoms with E-state index in [1.54, 1.807) is 19.3 Å². The third kappa shape index (κ3) is 3.13. The highest BCUT2D eigenvalue weighted by molar-refractivity contribution is 5.97. The van der Waals surface area contributed by atoms with Crippen LogP contribution >= 0.6 is 0 Å². The second kappa shape index (κ2) is 6.43. The van der Waals surface area contributed by atoms with Crippen LogP contribution in [0.1, 0.15) is 23.0 Å². The van der Waals surface area contributed by atoms with Crippen LogP contribution in [0.15, 0.2) is 36.7 Å². The molecule has 118 valence electrons. The van der Waals surface area contributed by atoms with Gasteiger partial charge in [0.15, 0.2) is 6.29 Å². The number of benzene rings is 1. The van der Waals surface area contributed by atoms with Gasteiger partial charge in [0.1, 0.15) is 12.2 Å². The lowest BCUT2D eigenvalue weighted by atomic mass is 10.2. The van der Waals surface area contributed by atoms with Crippen molar-refractivity contribution < 1.29 is 14.3 Å². The number of para-hydroxylation sites is 1. The van der Waals surface area contributed by atoms with E-state index >= 15 is 0 Å². The fraction of sp³-hybridized carbons (Fsp3) is 0.250. The lowest BCUT2D eigenvalue weighted by Gasteiger charge is -2.02. The summed E-state index contributed by atoms with van der Waals surface area (Å²) in [4.78, 5) is 22.6. The quantitative estimate of drug-likeness (QED) is 0.511. The number of aldehydes is 1. The van der Waals surface area contributed by atoms with Crippen molar-refractivity contribution in [2.24, 2.45) is 0 Å². The van der Waals surface area contributed by atoms with Gasteiger partial charge in [0, 0.05) is 22.7 Å². The zero-order valence-electron chi connectivity index (χ0n) is 12.7. The highest BCUT2D eigenvalue weighted by Crippen LogP contribution is 2.20. The largest absolute Gasteiger partial charge is 0.465 e. The third-order valence-electron chi connectivity index (χ3n) is 3.46. The van der Waals surface area contributed by atoms with Crippen molar-refractivity contribution in [3.8, 4) is 0 Å². The standard InChI is InChI=1S/C16H16N4O3/c1-2-23-16(22)10-20-9-13(17-18-20)8-19-7-12(11-21)14-5-3-4-6-15(14)19/h3-7,9,11H,2,8,10H2,1H3. The Labute approximate surface area is 132 Å². The van der Waals surface area contributed by atoms with Gasteiger partial charge >= 0.3 is 5.97 Å². The topological polar surface area (TPSA) is 79.0 Å². The van der Waals surface area contributed by atoms with E-state index in [4.69, 9.17) is 4.74 Å². The van der Waals surface area contributed by atoms with Crippen molar-refractivity contribution >= 4 is 23.2 Å². The SMILES string of the molecule is CCOC(=O)Cn1cc(Cn2cc(C=O)c3ccccc32)nn1. The number of aromatic nitrogens is 4. The average molecular weight is 312 g/mol. The van der Waals surface area contributed by atoms with E-state index in [9.17, 15) is 9.59 Å². The number of rotatable bonds is 6. The molecule has 0 unspecified atom stereocenters. The molecule has 0 atom stereocenters. The van der Waals surface area contributed by atoms with Crippen molar-refractivity contribution in [2.45, 2.75) is 20.0 Å². The molecule has 0 fully saturated rings. The maximum atomic E-state index is 11.4. The molecular formula is C16H16N4O3. The minimum Gasteiger partial charge on any atom is -0.465 e. The summed E-state index contributed by atoms with van der Waals surface area (Å²) < 4.78 is 8.26. The lowest BCUT2D eigenvalue weighted by Crippen LogP contribution is -2.13. The predicted octanol–water partition coefficient (Wildman–Crippen LogP) is 1.66. The smallest absolute Gasteiger partial charge is 0.327 e. The molecule has 2 heterocycles. The predicted molar refractivity (Wildman–Crippen MR) is 83.1 cm³/mol. The zero-order chi connectivity index (χ0) is 16.2. The number of esters is 1. The van der Waals surface area contributed by atoms with Crippen LogP contribution in [0.25, 0.3) is 10.9 Å². The summed E-state index contributed by atoms with van der Waals surface area (Å²) in [5.41, 5.74) is 2.29. The summed E-state index contributed by atoms with van der Waals surface area (Å²) >= 11 is 0. The van der Waals surface area contributed by atoms with Crippen molar-refractivity contribution in [1.29, 1.82) is 0 Å². The molecule has 0 N–H and O–H groups in total. The molecule has 0 aliphatic carbocycles. The molecule has 0 radical (unpaired) electrons. The number of carbonyl (C=O) groups excluding carboxylic acids is 2. The van der Waals surface area contributed by atoms with E-state index in [0.717, 1.165) is 17.2 Å². The number of hydrogen-bond acceptors (Lipinski definition) is 5. The van der Waals surface area contributed by atoms with Gasteiger partial charge < -0.3 is 9.30 Å². The van der Waals surface area contributed by atoms with Gasteiger partial charge in [0.05, 0.1) is 19.3 Å². The van der Waals surface area contributed by atoms with Crippen LogP contribution in [0.5, 0.6) is 0 Å². The lowest BCUT2D eigenvalue weighted by molar-refractivity contribution is -0.144. The second-order valence-corrected chi connectivity index (χ2v) is 5.06. The Balaban J connectivity index is 1.81. The summed E-state index contributed by atoms with van der Waals surface area (Å²) in [6, 6.07) is 7.68. The number of nitrogens with zero attached hydrogens (tertiary/aromatic N) is 4. The van der Waals surface area contributed by atoms with E-state index in [2.05, 4.69) is 10.3 Å². The minimum absolute atomic E-state index is 0.0346. The maximum Gasteiger partial charge on any atom is 0.327 e. The molecule has 0 aliphatic heterocycles. The van der Waals surface area contributed by atoms with E-state index < -0.39 is 0 Å². The summed E-state index contributed by atoms with van der Waals surface area (Å²) in [6.07, 6.45) is 4.34. The molecular weight excluding hydrogens is 296 g/mol. The first-order valence-corrected chi connectivity index (χ1v) is 7.29. The highest BCUT2D eigenvalue weighted by atomic mass is 16.5. The van der Waals surface area contributed by atoms with Gasteiger partial charge in [-0.2, -0.15) is 0 Å². The number of fused-ring (bicyclic) bond motifs is 1. The Hall–Kier alpha value is -2.96. The summed E-state index contributed by atoms with van der Waals surface area (Å²) in [5.74, 6) is -0.349. The average Bonchev–Trinajstić information content (AvgIpc) is 3.13. The Kier molecular flexibility index (Phi) is 4.18. The van der Waals surface area contributed by atoms with E-state index in [0.29, 0.717) is 24.4 Å². The third-order valence-corrected chi connectivity index (χ3v) is 3.46. The molecule has 0 saturated carbocycles. The molecule has 1 aromatic carbocycles. The van der Waals surface area contributed by atoms with Crippen LogP contribution in [0.4, 0.5) is 0 Å². The van der Waals surface area contributed by atoms with Gasteiger partial charge in [0.2, 0.25) is 0 Å². The van der Waals surface area contributed by atoms with Gasteiger partial charge in [-0.05, 0) is 13.0 Å². The first-order chi connectivity index (χ1) is 11.2. The molecule has 7 heteroatoms. The van der Waals surface area contributed by atoms with E-state index in [-0.39, 0.29) is 12.5 Å². The number of carbonyl (C=O) groups is 2. The second-order valence-electron chi connectivity index (χ2n) is 5.06. The van der Waals surface area contributed by atoms with Crippen LogP contribution in [0.2, 0.25) is 0 Å². The fourth-order valence-corrected chi connectivity index (χ4v) is 2.50. The van der Waals surface area contributed by atoms with Crippen LogP contribution < -0.4 is 0 Å². The Morgan fingerprint density at radius 3 is 2.91 bits per heavy atom. The van der Waals surface area contributed by atoms with Crippen molar-refractivity contribution in [3.05, 3.63) is 47.9 Å². The number of ether oxygens (including phenoxy) is 1. The fourth-order valence-electron chi connectivity index (χ4n) is 2.50. The van der Waals surface area contributed by atoms with Crippen molar-refractivity contribution in [2.75, 3.05) is 6.61 Å². The van der Waals surface area contributed by atoms with Gasteiger partial charge in [-0.3, -0.25) is 9.59 Å². The highest BCUT2D eigenvalue weighted by Gasteiger charge is 2.10. The summed E-state index contributed by atoms with van der Waals surface area (Å²) in [6.45, 7) is 2.60. The normalized spacial score (nSPS) is 10.8. The Morgan fingerprint density at radius 2 is 2.13 bits per heavy atom. The monoisotopic (exact) mass is 312 g/mol. The summed E-state index contributed by atoms with van der Waals surface area (Å²) in [5, 5.41) is 8.89. The Bertz CT molecular complexity index is 850. The molecule has 0 spiro atoms. The van der Waals surface area contributed by atoms with Gasteiger partial charge in [-0.25, -0.2) is 4.68 Å². The molecule has 2 aromatic heterocycles. The van der Waals surface area contributed by atoms with Gasteiger partial charge in [0.25, 0.3) is 0 Å². The molecule has 0 bridgehead atoms. The van der Waals surface area contributed by atoms with Crippen LogP contribution in [-0.4, -0.2) is 38.4 Å². The zero-order valence-corrected chi connectivity index (χ0v) is 12.7. The van der Waals surface area contributed by atoms with Gasteiger partial charge in [-0.1, -0.05) is 23.4 Å². The molecule has 0 saturated heterocycles. The summed E-state index contributed by atoms with van der Waals surface area (Å²) in [7, 11) is 0. The van der Waals surface area contributed by atoms with Gasteiger partial charge in [-0.15, -0.1) is 5.10 Å². The first kappa shape index (κ1) is 15.0. The van der Waals surface area contributed by atoms with Crippen molar-refractivity contribution in [3.63, 3.8) is 0 Å². The van der Waals surface area contributed by atoms with Crippen LogP contribution in [0, 0.1) is 0 Å². The molecule has 3 rings (SSSR count). The molecule has 7 nitrogen and oxygen atoms in total. The van der Waals surface area contributed by atoms with Crippen LogP contribution in [0.3, 0.4) is 0 Å². The minimum atomic E-state index is -0.349. The molecule has 3 aromatic rings. The van der Waals surface area contributed by atoms with Crippen LogP contribution in [-0.2, 0) is 22.6 Å². The number of hydrogen-bond donors (Lipinski definition) is 0. The van der Waals surface area contributed by atoms with Crippen molar-refractivity contribution in [1.82, 2.24) is 19.6 Å².